The first-order chi connectivity index (χ1) is 8.89. The minimum Gasteiger partial charge on any atom is -0.388 e. The lowest BCUT2D eigenvalue weighted by atomic mass is 9.75. The van der Waals surface area contributed by atoms with Gasteiger partial charge < -0.3 is 14.6 Å². The Morgan fingerprint density at radius 1 is 1.37 bits per heavy atom. The van der Waals surface area contributed by atoms with Crippen molar-refractivity contribution >= 4 is 0 Å². The normalized spacial score (nSPS) is 21.7. The van der Waals surface area contributed by atoms with E-state index in [1.807, 2.05) is 0 Å². The molecular weight excluding hydrogens is 236 g/mol. The lowest BCUT2D eigenvalue weighted by molar-refractivity contribution is 0.0979. The second-order valence-corrected chi connectivity index (χ2v) is 6.98. The molecule has 19 heavy (non-hydrogen) atoms. The van der Waals surface area contributed by atoms with Gasteiger partial charge in [-0.2, -0.15) is 0 Å². The predicted molar refractivity (Wildman–Crippen MR) is 79.3 cm³/mol. The SMILES string of the molecule is CN(C)CCCCn1ccc2c1CC(C)(C)CC2O. The molecular formula is C16H28N2O. The molecule has 1 heterocycles. The van der Waals surface area contributed by atoms with Crippen LogP contribution in [0.2, 0.25) is 0 Å². The van der Waals surface area contributed by atoms with Crippen molar-refractivity contribution in [2.24, 2.45) is 5.41 Å². The second-order valence-electron chi connectivity index (χ2n) is 6.98. The van der Waals surface area contributed by atoms with E-state index < -0.39 is 0 Å². The smallest absolute Gasteiger partial charge is 0.0812 e. The number of hydrogen-bond acceptors (Lipinski definition) is 2. The van der Waals surface area contributed by atoms with E-state index in [1.54, 1.807) is 0 Å². The van der Waals surface area contributed by atoms with Crippen LogP contribution in [0, 0.1) is 5.41 Å². The second kappa shape index (κ2) is 5.68. The first kappa shape index (κ1) is 14.6. The largest absolute Gasteiger partial charge is 0.388 e. The highest BCUT2D eigenvalue weighted by Gasteiger charge is 2.32. The highest BCUT2D eigenvalue weighted by atomic mass is 16.3. The van der Waals surface area contributed by atoms with Gasteiger partial charge in [0.05, 0.1) is 6.10 Å². The molecule has 0 radical (unpaired) electrons. The summed E-state index contributed by atoms with van der Waals surface area (Å²) in [6.45, 7) is 6.73. The van der Waals surface area contributed by atoms with Gasteiger partial charge in [-0.05, 0) is 57.8 Å². The van der Waals surface area contributed by atoms with Crippen molar-refractivity contribution < 1.29 is 5.11 Å². The van der Waals surface area contributed by atoms with E-state index in [0.717, 1.165) is 31.5 Å². The van der Waals surface area contributed by atoms with Crippen molar-refractivity contribution in [3.63, 3.8) is 0 Å². The molecule has 0 saturated carbocycles. The van der Waals surface area contributed by atoms with Crippen LogP contribution in [0.5, 0.6) is 0 Å². The lowest BCUT2D eigenvalue weighted by Crippen LogP contribution is -2.26. The third-order valence-corrected chi connectivity index (χ3v) is 4.12. The van der Waals surface area contributed by atoms with Crippen LogP contribution in [-0.4, -0.2) is 35.2 Å². The van der Waals surface area contributed by atoms with Gasteiger partial charge in [-0.1, -0.05) is 13.8 Å². The highest BCUT2D eigenvalue weighted by Crippen LogP contribution is 2.41. The Labute approximate surface area is 117 Å². The molecule has 0 bridgehead atoms. The molecule has 0 saturated heterocycles. The molecule has 0 aliphatic heterocycles. The fourth-order valence-electron chi connectivity index (χ4n) is 3.11. The average molecular weight is 264 g/mol. The first-order valence-corrected chi connectivity index (χ1v) is 7.40. The van der Waals surface area contributed by atoms with Crippen molar-refractivity contribution in [2.45, 2.75) is 52.2 Å². The Morgan fingerprint density at radius 3 is 2.79 bits per heavy atom. The van der Waals surface area contributed by atoms with E-state index in [-0.39, 0.29) is 11.5 Å². The van der Waals surface area contributed by atoms with E-state index in [1.165, 1.54) is 18.5 Å². The summed E-state index contributed by atoms with van der Waals surface area (Å²) < 4.78 is 2.36. The van der Waals surface area contributed by atoms with E-state index in [9.17, 15) is 5.11 Å². The standard InChI is InChI=1S/C16H28N2O/c1-16(2)11-14-13(15(19)12-16)7-10-18(14)9-6-5-8-17(3)4/h7,10,15,19H,5-6,8-9,11-12H2,1-4H3. The average Bonchev–Trinajstić information content (AvgIpc) is 2.66. The summed E-state index contributed by atoms with van der Waals surface area (Å²) in [5.74, 6) is 0. The van der Waals surface area contributed by atoms with Crippen LogP contribution in [0.15, 0.2) is 12.3 Å². The fraction of sp³-hybridized carbons (Fsp3) is 0.750. The minimum absolute atomic E-state index is 0.214. The van der Waals surface area contributed by atoms with Crippen molar-refractivity contribution in [1.82, 2.24) is 9.47 Å². The molecule has 0 amide bonds. The summed E-state index contributed by atoms with van der Waals surface area (Å²) >= 11 is 0. The maximum Gasteiger partial charge on any atom is 0.0812 e. The summed E-state index contributed by atoms with van der Waals surface area (Å²) in [5, 5.41) is 10.2. The van der Waals surface area contributed by atoms with Crippen molar-refractivity contribution in [3.05, 3.63) is 23.5 Å². The Bertz CT molecular complexity index is 420. The monoisotopic (exact) mass is 264 g/mol. The molecule has 2 rings (SSSR count). The van der Waals surface area contributed by atoms with Gasteiger partial charge in [-0.25, -0.2) is 0 Å². The first-order valence-electron chi connectivity index (χ1n) is 7.40. The maximum absolute atomic E-state index is 10.2. The minimum atomic E-state index is -0.276. The van der Waals surface area contributed by atoms with Crippen molar-refractivity contribution in [3.8, 4) is 0 Å². The topological polar surface area (TPSA) is 28.4 Å². The van der Waals surface area contributed by atoms with Gasteiger partial charge in [0.25, 0.3) is 0 Å². The van der Waals surface area contributed by atoms with Crippen molar-refractivity contribution in [2.75, 3.05) is 20.6 Å². The third kappa shape index (κ3) is 3.61. The molecule has 1 aliphatic rings. The fourth-order valence-corrected chi connectivity index (χ4v) is 3.11. The van der Waals surface area contributed by atoms with E-state index in [4.69, 9.17) is 0 Å². The summed E-state index contributed by atoms with van der Waals surface area (Å²) in [4.78, 5) is 2.23. The maximum atomic E-state index is 10.2. The lowest BCUT2D eigenvalue weighted by Gasteiger charge is -2.34. The third-order valence-electron chi connectivity index (χ3n) is 4.12. The number of unbranched alkanes of at least 4 members (excludes halogenated alkanes) is 1. The van der Waals surface area contributed by atoms with Gasteiger partial charge in [-0.3, -0.25) is 0 Å². The zero-order valence-electron chi connectivity index (χ0n) is 12.8. The van der Waals surface area contributed by atoms with Gasteiger partial charge in [0.15, 0.2) is 0 Å². The summed E-state index contributed by atoms with van der Waals surface area (Å²) in [7, 11) is 4.24. The number of aromatic nitrogens is 1. The molecule has 3 nitrogen and oxygen atoms in total. The van der Waals surface area contributed by atoms with Gasteiger partial charge in [-0.15, -0.1) is 0 Å². The van der Waals surface area contributed by atoms with Crippen LogP contribution >= 0.6 is 0 Å². The Morgan fingerprint density at radius 2 is 2.11 bits per heavy atom. The molecule has 0 fully saturated rings. The van der Waals surface area contributed by atoms with Gasteiger partial charge in [0.2, 0.25) is 0 Å². The van der Waals surface area contributed by atoms with Crippen LogP contribution in [-0.2, 0) is 13.0 Å². The molecule has 1 N–H and O–H groups in total. The zero-order valence-corrected chi connectivity index (χ0v) is 12.8. The number of hydrogen-bond donors (Lipinski definition) is 1. The van der Waals surface area contributed by atoms with E-state index >= 15 is 0 Å². The highest BCUT2D eigenvalue weighted by molar-refractivity contribution is 5.29. The Balaban J connectivity index is 2.00. The Hall–Kier alpha value is -0.800. The number of nitrogens with zero attached hydrogens (tertiary/aromatic N) is 2. The van der Waals surface area contributed by atoms with Crippen LogP contribution < -0.4 is 0 Å². The van der Waals surface area contributed by atoms with Crippen LogP contribution in [0.3, 0.4) is 0 Å². The molecule has 1 unspecified atom stereocenters. The predicted octanol–water partition coefficient (Wildman–Crippen LogP) is 2.84. The summed E-state index contributed by atoms with van der Waals surface area (Å²) in [6.07, 6.45) is 6.28. The Kier molecular flexibility index (Phi) is 4.36. The van der Waals surface area contributed by atoms with Crippen LogP contribution in [0.25, 0.3) is 0 Å². The van der Waals surface area contributed by atoms with E-state index in [0.29, 0.717) is 0 Å². The van der Waals surface area contributed by atoms with Gasteiger partial charge >= 0.3 is 0 Å². The molecule has 1 atom stereocenters. The quantitative estimate of drug-likeness (QED) is 0.828. The molecule has 0 aromatic carbocycles. The molecule has 108 valence electrons. The molecule has 1 aromatic rings. The van der Waals surface area contributed by atoms with Crippen molar-refractivity contribution in [1.29, 1.82) is 0 Å². The molecule has 1 aliphatic carbocycles. The number of rotatable bonds is 5. The summed E-state index contributed by atoms with van der Waals surface area (Å²) in [5.41, 5.74) is 2.73. The summed E-state index contributed by atoms with van der Waals surface area (Å²) in [6, 6.07) is 2.11. The van der Waals surface area contributed by atoms with Crippen LogP contribution in [0.1, 0.15) is 50.5 Å². The van der Waals surface area contributed by atoms with Crippen LogP contribution in [0.4, 0.5) is 0 Å². The molecule has 1 aromatic heterocycles. The van der Waals surface area contributed by atoms with Gasteiger partial charge in [0.1, 0.15) is 0 Å². The van der Waals surface area contributed by atoms with Gasteiger partial charge in [0, 0.05) is 24.0 Å². The zero-order chi connectivity index (χ0) is 14.0. The number of aliphatic hydroxyl groups excluding tert-OH is 1. The number of fused-ring (bicyclic) bond motifs is 1. The number of aliphatic hydroxyl groups is 1. The number of aryl methyl sites for hydroxylation is 1. The molecule has 3 heteroatoms. The van der Waals surface area contributed by atoms with E-state index in [2.05, 4.69) is 49.7 Å². The molecule has 0 spiro atoms.